The smallest absolute Gasteiger partial charge is 0.338 e. The number of hydrogen-bond donors (Lipinski definition) is 2. The largest absolute Gasteiger partial charge is 0.478 e. The molecule has 21 heavy (non-hydrogen) atoms. The van der Waals surface area contributed by atoms with Gasteiger partial charge < -0.3 is 10.1 Å². The fourth-order valence-corrected chi connectivity index (χ4v) is 2.81. The zero-order valence-corrected chi connectivity index (χ0v) is 11.9. The predicted octanol–water partition coefficient (Wildman–Crippen LogP) is 3.79. The van der Waals surface area contributed by atoms with E-state index in [1.54, 1.807) is 11.8 Å². The van der Waals surface area contributed by atoms with Crippen molar-refractivity contribution in [3.8, 4) is 11.4 Å². The second kappa shape index (κ2) is 5.21. The van der Waals surface area contributed by atoms with Gasteiger partial charge in [0.05, 0.1) is 11.1 Å². The Hall–Kier alpha value is -2.34. The van der Waals surface area contributed by atoms with Crippen LogP contribution in [0.5, 0.6) is 0 Å². The van der Waals surface area contributed by atoms with E-state index in [-0.39, 0.29) is 11.1 Å². The van der Waals surface area contributed by atoms with Crippen LogP contribution in [0.2, 0.25) is 0 Å². The Balaban J connectivity index is 2.26. The Labute approximate surface area is 124 Å². The summed E-state index contributed by atoms with van der Waals surface area (Å²) in [6, 6.07) is 9.86. The van der Waals surface area contributed by atoms with Crippen LogP contribution < -0.4 is 0 Å². The maximum absolute atomic E-state index is 13.5. The predicted molar refractivity (Wildman–Crippen MR) is 80.2 cm³/mol. The van der Waals surface area contributed by atoms with Gasteiger partial charge in [-0.3, -0.25) is 0 Å². The van der Waals surface area contributed by atoms with Crippen molar-refractivity contribution in [2.75, 3.05) is 6.26 Å². The molecule has 0 amide bonds. The van der Waals surface area contributed by atoms with Crippen LogP contribution in [0.4, 0.5) is 4.39 Å². The number of halogens is 1. The SMILES string of the molecule is CSc1ccccc1-c1nc2c(C(=O)O)cc(F)cc2[nH]1. The minimum atomic E-state index is -1.20. The van der Waals surface area contributed by atoms with Crippen molar-refractivity contribution in [1.29, 1.82) is 0 Å². The van der Waals surface area contributed by atoms with Gasteiger partial charge in [-0.2, -0.15) is 0 Å². The lowest BCUT2D eigenvalue weighted by molar-refractivity contribution is 0.0698. The summed E-state index contributed by atoms with van der Waals surface area (Å²) >= 11 is 1.56. The molecular weight excluding hydrogens is 291 g/mol. The van der Waals surface area contributed by atoms with Gasteiger partial charge in [-0.1, -0.05) is 18.2 Å². The molecule has 0 aliphatic heterocycles. The molecule has 4 nitrogen and oxygen atoms in total. The first kappa shape index (κ1) is 13.6. The zero-order valence-electron chi connectivity index (χ0n) is 11.1. The van der Waals surface area contributed by atoms with Gasteiger partial charge in [-0.15, -0.1) is 11.8 Å². The van der Waals surface area contributed by atoms with Crippen molar-refractivity contribution in [3.63, 3.8) is 0 Å². The summed E-state index contributed by atoms with van der Waals surface area (Å²) in [6.07, 6.45) is 1.95. The first-order valence-corrected chi connectivity index (χ1v) is 7.38. The van der Waals surface area contributed by atoms with Crippen LogP contribution in [0.3, 0.4) is 0 Å². The molecule has 0 saturated carbocycles. The number of aromatic nitrogens is 2. The number of thioether (sulfide) groups is 1. The zero-order chi connectivity index (χ0) is 15.0. The third kappa shape index (κ3) is 2.38. The lowest BCUT2D eigenvalue weighted by Crippen LogP contribution is -1.98. The molecule has 106 valence electrons. The second-order valence-corrected chi connectivity index (χ2v) is 5.29. The quantitative estimate of drug-likeness (QED) is 0.722. The first-order chi connectivity index (χ1) is 10.1. The summed E-state index contributed by atoms with van der Waals surface area (Å²) < 4.78 is 13.5. The molecule has 2 N–H and O–H groups in total. The number of carboxylic acids is 1. The summed E-state index contributed by atoms with van der Waals surface area (Å²) in [6.45, 7) is 0. The normalized spacial score (nSPS) is 11.0. The monoisotopic (exact) mass is 302 g/mol. The minimum absolute atomic E-state index is 0.144. The topological polar surface area (TPSA) is 66.0 Å². The number of nitrogens with zero attached hydrogens (tertiary/aromatic N) is 1. The van der Waals surface area contributed by atoms with E-state index in [1.165, 1.54) is 6.07 Å². The molecule has 0 aliphatic rings. The van der Waals surface area contributed by atoms with Crippen molar-refractivity contribution >= 4 is 28.8 Å². The van der Waals surface area contributed by atoms with Crippen LogP contribution in [0, 0.1) is 5.82 Å². The van der Waals surface area contributed by atoms with E-state index in [0.717, 1.165) is 16.5 Å². The van der Waals surface area contributed by atoms with Gasteiger partial charge in [0.15, 0.2) is 0 Å². The van der Waals surface area contributed by atoms with E-state index in [9.17, 15) is 9.18 Å². The maximum atomic E-state index is 13.5. The van der Waals surface area contributed by atoms with Crippen LogP contribution in [0.15, 0.2) is 41.3 Å². The first-order valence-electron chi connectivity index (χ1n) is 6.16. The van der Waals surface area contributed by atoms with E-state index in [1.807, 2.05) is 30.5 Å². The molecule has 0 atom stereocenters. The summed E-state index contributed by atoms with van der Waals surface area (Å²) in [4.78, 5) is 19.6. The van der Waals surface area contributed by atoms with Crippen molar-refractivity contribution in [1.82, 2.24) is 9.97 Å². The molecule has 0 spiro atoms. The molecule has 0 fully saturated rings. The third-order valence-corrected chi connectivity index (χ3v) is 3.94. The van der Waals surface area contributed by atoms with Crippen molar-refractivity contribution in [3.05, 3.63) is 47.8 Å². The van der Waals surface area contributed by atoms with Gasteiger partial charge in [0.2, 0.25) is 0 Å². The van der Waals surface area contributed by atoms with Gasteiger partial charge in [-0.25, -0.2) is 14.2 Å². The van der Waals surface area contributed by atoms with E-state index in [2.05, 4.69) is 9.97 Å². The average Bonchev–Trinajstić information content (AvgIpc) is 2.89. The molecule has 3 rings (SSSR count). The van der Waals surface area contributed by atoms with Gasteiger partial charge >= 0.3 is 5.97 Å². The summed E-state index contributed by atoms with van der Waals surface area (Å²) in [5.41, 5.74) is 1.35. The van der Waals surface area contributed by atoms with E-state index >= 15 is 0 Å². The van der Waals surface area contributed by atoms with Gasteiger partial charge in [0.1, 0.15) is 17.2 Å². The van der Waals surface area contributed by atoms with Crippen molar-refractivity contribution in [2.45, 2.75) is 4.90 Å². The third-order valence-electron chi connectivity index (χ3n) is 3.14. The highest BCUT2D eigenvalue weighted by molar-refractivity contribution is 7.98. The fourth-order valence-electron chi connectivity index (χ4n) is 2.21. The lowest BCUT2D eigenvalue weighted by Gasteiger charge is -2.02. The van der Waals surface area contributed by atoms with Crippen LogP contribution in [0.1, 0.15) is 10.4 Å². The van der Waals surface area contributed by atoms with Crippen LogP contribution >= 0.6 is 11.8 Å². The van der Waals surface area contributed by atoms with Gasteiger partial charge in [-0.05, 0) is 24.5 Å². The highest BCUT2D eigenvalue weighted by atomic mass is 32.2. The number of aromatic carboxylic acids is 1. The number of benzene rings is 2. The number of rotatable bonds is 3. The summed E-state index contributed by atoms with van der Waals surface area (Å²) in [5, 5.41) is 9.16. The number of carboxylic acid groups (broad SMARTS) is 1. The Bertz CT molecular complexity index is 845. The molecule has 0 unspecified atom stereocenters. The molecule has 6 heteroatoms. The molecule has 0 saturated heterocycles. The Morgan fingerprint density at radius 2 is 2.10 bits per heavy atom. The van der Waals surface area contributed by atoms with Gasteiger partial charge in [0, 0.05) is 10.5 Å². The minimum Gasteiger partial charge on any atom is -0.478 e. The number of imidazole rings is 1. The summed E-state index contributed by atoms with van der Waals surface area (Å²) in [7, 11) is 0. The number of H-pyrrole nitrogens is 1. The number of fused-ring (bicyclic) bond motifs is 1. The van der Waals surface area contributed by atoms with Crippen LogP contribution in [-0.4, -0.2) is 27.3 Å². The molecule has 2 aromatic carbocycles. The molecule has 1 aromatic heterocycles. The molecule has 0 aliphatic carbocycles. The standard InChI is InChI=1S/C15H11FN2O2S/c1-21-12-5-3-2-4-9(12)14-17-11-7-8(16)6-10(15(19)20)13(11)18-14/h2-7H,1H3,(H,17,18)(H,19,20). The van der Waals surface area contributed by atoms with E-state index < -0.39 is 11.8 Å². The van der Waals surface area contributed by atoms with Crippen LogP contribution in [0.25, 0.3) is 22.4 Å². The fraction of sp³-hybridized carbons (Fsp3) is 0.0667. The highest BCUT2D eigenvalue weighted by Crippen LogP contribution is 2.30. The molecule has 3 aromatic rings. The van der Waals surface area contributed by atoms with E-state index in [0.29, 0.717) is 11.3 Å². The molecule has 0 bridgehead atoms. The number of hydrogen-bond acceptors (Lipinski definition) is 3. The van der Waals surface area contributed by atoms with Crippen LogP contribution in [-0.2, 0) is 0 Å². The second-order valence-electron chi connectivity index (χ2n) is 4.44. The Morgan fingerprint density at radius 3 is 2.81 bits per heavy atom. The molecular formula is C15H11FN2O2S. The molecule has 0 radical (unpaired) electrons. The number of carbonyl (C=O) groups is 1. The highest BCUT2D eigenvalue weighted by Gasteiger charge is 2.16. The van der Waals surface area contributed by atoms with Gasteiger partial charge in [0.25, 0.3) is 0 Å². The average molecular weight is 302 g/mol. The van der Waals surface area contributed by atoms with Crippen molar-refractivity contribution in [2.24, 2.45) is 0 Å². The van der Waals surface area contributed by atoms with E-state index in [4.69, 9.17) is 5.11 Å². The number of aromatic amines is 1. The number of nitrogens with one attached hydrogen (secondary N) is 1. The molecule has 1 heterocycles. The Morgan fingerprint density at radius 1 is 1.33 bits per heavy atom. The lowest BCUT2D eigenvalue weighted by atomic mass is 10.2. The Kier molecular flexibility index (Phi) is 3.39. The summed E-state index contributed by atoms with van der Waals surface area (Å²) in [5.74, 6) is -1.27. The van der Waals surface area contributed by atoms with Crippen molar-refractivity contribution < 1.29 is 14.3 Å². The maximum Gasteiger partial charge on any atom is 0.338 e.